The Labute approximate surface area is 105 Å². The minimum Gasteiger partial charge on any atom is -0.478 e. The third kappa shape index (κ3) is 2.51. The summed E-state index contributed by atoms with van der Waals surface area (Å²) in [5, 5.41) is 13.2. The van der Waals surface area contributed by atoms with E-state index in [1.807, 2.05) is 42.0 Å². The number of carbonyl (C=O) groups is 1. The summed E-state index contributed by atoms with van der Waals surface area (Å²) < 4.78 is 1.81. The molecule has 2 aromatic rings. The molecule has 2 rings (SSSR count). The van der Waals surface area contributed by atoms with Crippen LogP contribution in [0.3, 0.4) is 0 Å². The summed E-state index contributed by atoms with van der Waals surface area (Å²) in [6, 6.07) is 7.00. The number of nitrogens with zero attached hydrogens (tertiary/aromatic N) is 3. The van der Waals surface area contributed by atoms with E-state index in [0.29, 0.717) is 12.1 Å². The smallest absolute Gasteiger partial charge is 0.335 e. The lowest BCUT2D eigenvalue weighted by molar-refractivity contribution is 0.0697. The van der Waals surface area contributed by atoms with Crippen molar-refractivity contribution in [2.24, 2.45) is 0 Å². The van der Waals surface area contributed by atoms with Crippen LogP contribution in [0, 0.1) is 0 Å². The zero-order chi connectivity index (χ0) is 13.1. The predicted molar refractivity (Wildman–Crippen MR) is 69.1 cm³/mol. The van der Waals surface area contributed by atoms with Gasteiger partial charge in [0, 0.05) is 32.2 Å². The van der Waals surface area contributed by atoms with Gasteiger partial charge in [0.05, 0.1) is 12.1 Å². The maximum atomic E-state index is 11.0. The molecular formula is C13H15N3O2. The molecule has 1 aromatic heterocycles. The van der Waals surface area contributed by atoms with Gasteiger partial charge in [0.2, 0.25) is 0 Å². The van der Waals surface area contributed by atoms with Crippen LogP contribution >= 0.6 is 0 Å². The monoisotopic (exact) mass is 245 g/mol. The summed E-state index contributed by atoms with van der Waals surface area (Å²) in [4.78, 5) is 12.9. The Balaban J connectivity index is 2.37. The zero-order valence-electron chi connectivity index (χ0n) is 10.4. The third-order valence-corrected chi connectivity index (χ3v) is 2.71. The molecule has 1 N–H and O–H groups in total. The predicted octanol–water partition coefficient (Wildman–Crippen LogP) is 1.70. The first-order valence-electron chi connectivity index (χ1n) is 5.59. The van der Waals surface area contributed by atoms with Crippen molar-refractivity contribution < 1.29 is 9.90 Å². The number of carboxylic acids is 1. The Kier molecular flexibility index (Phi) is 3.32. The zero-order valence-corrected chi connectivity index (χ0v) is 10.4. The number of anilines is 1. The van der Waals surface area contributed by atoms with Crippen molar-refractivity contribution in [1.82, 2.24) is 9.78 Å². The van der Waals surface area contributed by atoms with E-state index in [0.717, 1.165) is 11.3 Å². The molecule has 0 spiro atoms. The van der Waals surface area contributed by atoms with E-state index >= 15 is 0 Å². The van der Waals surface area contributed by atoms with Gasteiger partial charge in [-0.1, -0.05) is 6.07 Å². The Morgan fingerprint density at radius 3 is 2.78 bits per heavy atom. The van der Waals surface area contributed by atoms with E-state index in [2.05, 4.69) is 5.10 Å². The van der Waals surface area contributed by atoms with Crippen molar-refractivity contribution in [2.75, 3.05) is 19.0 Å². The Bertz CT molecular complexity index is 547. The van der Waals surface area contributed by atoms with Crippen LogP contribution in [0.25, 0.3) is 0 Å². The van der Waals surface area contributed by atoms with Crippen LogP contribution in [0.1, 0.15) is 15.9 Å². The first-order chi connectivity index (χ1) is 8.58. The van der Waals surface area contributed by atoms with Crippen molar-refractivity contribution >= 4 is 11.7 Å². The average molecular weight is 245 g/mol. The Morgan fingerprint density at radius 1 is 1.44 bits per heavy atom. The number of aromatic nitrogens is 2. The molecule has 18 heavy (non-hydrogen) atoms. The molecule has 0 atom stereocenters. The number of rotatable bonds is 4. The molecule has 0 aliphatic carbocycles. The summed E-state index contributed by atoms with van der Waals surface area (Å²) in [5.74, 6) is -0.913. The van der Waals surface area contributed by atoms with Gasteiger partial charge in [-0.25, -0.2) is 4.79 Å². The molecule has 0 aliphatic heterocycles. The van der Waals surface area contributed by atoms with E-state index < -0.39 is 5.97 Å². The highest BCUT2D eigenvalue weighted by atomic mass is 16.4. The van der Waals surface area contributed by atoms with Gasteiger partial charge in [0.15, 0.2) is 0 Å². The fourth-order valence-electron chi connectivity index (χ4n) is 1.82. The molecule has 94 valence electrons. The molecule has 0 aliphatic rings. The van der Waals surface area contributed by atoms with Crippen molar-refractivity contribution in [3.63, 3.8) is 0 Å². The van der Waals surface area contributed by atoms with E-state index in [1.54, 1.807) is 18.3 Å². The molecule has 0 saturated carbocycles. The molecule has 0 unspecified atom stereocenters. The summed E-state index contributed by atoms with van der Waals surface area (Å²) in [7, 11) is 3.79. The molecule has 0 fully saturated rings. The van der Waals surface area contributed by atoms with E-state index in [1.165, 1.54) is 0 Å². The van der Waals surface area contributed by atoms with Crippen LogP contribution in [0.5, 0.6) is 0 Å². The van der Waals surface area contributed by atoms with Crippen LogP contribution in [0.2, 0.25) is 0 Å². The lowest BCUT2D eigenvalue weighted by atomic mass is 10.1. The van der Waals surface area contributed by atoms with Crippen LogP contribution in [-0.2, 0) is 6.54 Å². The summed E-state index contributed by atoms with van der Waals surface area (Å²) in [6.45, 7) is 0.625. The molecular weight excluding hydrogens is 230 g/mol. The highest BCUT2D eigenvalue weighted by Crippen LogP contribution is 2.21. The topological polar surface area (TPSA) is 58.4 Å². The van der Waals surface area contributed by atoms with Crippen molar-refractivity contribution in [1.29, 1.82) is 0 Å². The summed E-state index contributed by atoms with van der Waals surface area (Å²) in [5.41, 5.74) is 2.22. The fourth-order valence-corrected chi connectivity index (χ4v) is 1.82. The number of carboxylic acid groups (broad SMARTS) is 1. The summed E-state index contributed by atoms with van der Waals surface area (Å²) in [6.07, 6.45) is 3.60. The maximum Gasteiger partial charge on any atom is 0.335 e. The molecule has 1 heterocycles. The van der Waals surface area contributed by atoms with E-state index in [4.69, 9.17) is 5.11 Å². The van der Waals surface area contributed by atoms with Gasteiger partial charge in [-0.3, -0.25) is 4.68 Å². The van der Waals surface area contributed by atoms with Crippen molar-refractivity contribution in [3.8, 4) is 0 Å². The molecule has 0 saturated heterocycles. The standard InChI is InChI=1S/C13H15N3O2/c1-15(2)12-8-10(13(17)18)4-5-11(12)9-16-7-3-6-14-16/h3-8H,9H2,1-2H3,(H,17,18). The second kappa shape index (κ2) is 4.91. The SMILES string of the molecule is CN(C)c1cc(C(=O)O)ccc1Cn1cccn1. The molecule has 0 amide bonds. The van der Waals surface area contributed by atoms with Crippen molar-refractivity contribution in [2.45, 2.75) is 6.54 Å². The Hall–Kier alpha value is -2.30. The van der Waals surface area contributed by atoms with Gasteiger partial charge in [-0.05, 0) is 23.8 Å². The Morgan fingerprint density at radius 2 is 2.22 bits per heavy atom. The number of benzene rings is 1. The van der Waals surface area contributed by atoms with Gasteiger partial charge in [0.1, 0.15) is 0 Å². The van der Waals surface area contributed by atoms with Gasteiger partial charge in [0.25, 0.3) is 0 Å². The fraction of sp³-hybridized carbons (Fsp3) is 0.231. The van der Waals surface area contributed by atoms with Crippen LogP contribution < -0.4 is 4.90 Å². The average Bonchev–Trinajstić information content (AvgIpc) is 2.81. The molecule has 0 radical (unpaired) electrons. The molecule has 5 heteroatoms. The first-order valence-corrected chi connectivity index (χ1v) is 5.59. The quantitative estimate of drug-likeness (QED) is 0.890. The van der Waals surface area contributed by atoms with Gasteiger partial charge >= 0.3 is 5.97 Å². The number of hydrogen-bond acceptors (Lipinski definition) is 3. The third-order valence-electron chi connectivity index (χ3n) is 2.71. The normalized spacial score (nSPS) is 10.3. The first kappa shape index (κ1) is 12.2. The minimum absolute atomic E-state index is 0.294. The van der Waals surface area contributed by atoms with Gasteiger partial charge in [-0.2, -0.15) is 5.10 Å². The van der Waals surface area contributed by atoms with Gasteiger partial charge < -0.3 is 10.0 Å². The second-order valence-electron chi connectivity index (χ2n) is 4.25. The molecule has 5 nitrogen and oxygen atoms in total. The van der Waals surface area contributed by atoms with Crippen molar-refractivity contribution in [3.05, 3.63) is 47.8 Å². The molecule has 0 bridgehead atoms. The van der Waals surface area contributed by atoms with E-state index in [-0.39, 0.29) is 0 Å². The second-order valence-corrected chi connectivity index (χ2v) is 4.25. The minimum atomic E-state index is -0.913. The van der Waals surface area contributed by atoms with Gasteiger partial charge in [-0.15, -0.1) is 0 Å². The number of hydrogen-bond donors (Lipinski definition) is 1. The number of aromatic carboxylic acids is 1. The van der Waals surface area contributed by atoms with Crippen LogP contribution in [0.4, 0.5) is 5.69 Å². The van der Waals surface area contributed by atoms with Crippen LogP contribution in [-0.4, -0.2) is 35.0 Å². The highest BCUT2D eigenvalue weighted by molar-refractivity contribution is 5.89. The lowest BCUT2D eigenvalue weighted by Crippen LogP contribution is -2.14. The highest BCUT2D eigenvalue weighted by Gasteiger charge is 2.10. The largest absolute Gasteiger partial charge is 0.478 e. The lowest BCUT2D eigenvalue weighted by Gasteiger charge is -2.18. The van der Waals surface area contributed by atoms with E-state index in [9.17, 15) is 4.79 Å². The van der Waals surface area contributed by atoms with Crippen LogP contribution in [0.15, 0.2) is 36.7 Å². The summed E-state index contributed by atoms with van der Waals surface area (Å²) >= 11 is 0. The molecule has 1 aromatic carbocycles. The maximum absolute atomic E-state index is 11.0.